The number of fused-ring (bicyclic) bond motifs is 3. The fraction of sp³-hybridized carbons (Fsp3) is 0.348. The van der Waals surface area contributed by atoms with Crippen molar-refractivity contribution < 1.29 is 19.3 Å². The summed E-state index contributed by atoms with van der Waals surface area (Å²) in [6.07, 6.45) is 5.32. The molecule has 2 aromatic carbocycles. The third-order valence-electron chi connectivity index (χ3n) is 6.25. The van der Waals surface area contributed by atoms with Gasteiger partial charge in [-0.25, -0.2) is 0 Å². The van der Waals surface area contributed by atoms with Crippen LogP contribution in [0.5, 0.6) is 11.5 Å². The molecule has 0 atom stereocenters. The Morgan fingerprint density at radius 1 is 1.14 bits per heavy atom. The maximum Gasteiger partial charge on any atom is 0.246 e. The van der Waals surface area contributed by atoms with Gasteiger partial charge in [0.05, 0.1) is 6.61 Å². The number of benzene rings is 2. The average Bonchev–Trinajstić information content (AvgIpc) is 3.37. The lowest BCUT2D eigenvalue weighted by molar-refractivity contribution is -0.194. The lowest BCUT2D eigenvalue weighted by Crippen LogP contribution is -2.45. The highest BCUT2D eigenvalue weighted by atomic mass is 17.2. The number of carbonyl (C=O) groups excluding carboxylic acids is 1. The molecule has 6 nitrogen and oxygen atoms in total. The summed E-state index contributed by atoms with van der Waals surface area (Å²) < 4.78 is 5.95. The van der Waals surface area contributed by atoms with Crippen LogP contribution in [0.2, 0.25) is 0 Å². The Morgan fingerprint density at radius 3 is 2.79 bits per heavy atom. The summed E-state index contributed by atoms with van der Waals surface area (Å²) >= 11 is 0. The van der Waals surface area contributed by atoms with Crippen LogP contribution in [-0.2, 0) is 28.2 Å². The Morgan fingerprint density at radius 2 is 1.97 bits per heavy atom. The number of piperidine rings is 1. The molecule has 1 spiro atoms. The van der Waals surface area contributed by atoms with Gasteiger partial charge in [-0.1, -0.05) is 18.2 Å². The highest BCUT2D eigenvalue weighted by Crippen LogP contribution is 2.45. The first-order chi connectivity index (χ1) is 14.2. The molecule has 0 bridgehead atoms. The second-order valence-corrected chi connectivity index (χ2v) is 7.97. The van der Waals surface area contributed by atoms with Gasteiger partial charge in [0, 0.05) is 42.3 Å². The first-order valence-electron chi connectivity index (χ1n) is 10.0. The topological polar surface area (TPSA) is 74.0 Å². The molecule has 0 aliphatic carbocycles. The smallest absolute Gasteiger partial charge is 0.246 e. The van der Waals surface area contributed by atoms with Gasteiger partial charge in [-0.3, -0.25) is 4.79 Å². The van der Waals surface area contributed by atoms with Crippen LogP contribution in [0.25, 0.3) is 6.08 Å². The third kappa shape index (κ3) is 3.28. The van der Waals surface area contributed by atoms with Gasteiger partial charge in [-0.05, 0) is 48.2 Å². The number of nitrogens with two attached hydrogens (primary N) is 1. The van der Waals surface area contributed by atoms with E-state index in [1.54, 1.807) is 6.08 Å². The number of likely N-dealkylation sites (tertiary alicyclic amines) is 1. The highest BCUT2D eigenvalue weighted by Gasteiger charge is 2.43. The molecule has 0 radical (unpaired) electrons. The van der Waals surface area contributed by atoms with E-state index in [0.29, 0.717) is 19.8 Å². The first-order valence-corrected chi connectivity index (χ1v) is 10.0. The van der Waals surface area contributed by atoms with Crippen molar-refractivity contribution in [3.05, 3.63) is 64.7 Å². The molecule has 2 N–H and O–H groups in total. The summed E-state index contributed by atoms with van der Waals surface area (Å²) in [6.45, 7) is 3.11. The van der Waals surface area contributed by atoms with Crippen LogP contribution in [-0.4, -0.2) is 30.5 Å². The van der Waals surface area contributed by atoms with Crippen LogP contribution < -0.4 is 15.4 Å². The van der Waals surface area contributed by atoms with Gasteiger partial charge < -0.3 is 20.3 Å². The van der Waals surface area contributed by atoms with Gasteiger partial charge in [-0.15, -0.1) is 0 Å². The zero-order valence-corrected chi connectivity index (χ0v) is 16.2. The van der Waals surface area contributed by atoms with E-state index in [0.717, 1.165) is 54.1 Å². The van der Waals surface area contributed by atoms with Crippen molar-refractivity contribution >= 4 is 12.0 Å². The lowest BCUT2D eigenvalue weighted by Gasteiger charge is -2.38. The second kappa shape index (κ2) is 7.21. The molecule has 0 unspecified atom stereocenters. The summed E-state index contributed by atoms with van der Waals surface area (Å²) in [5.41, 5.74) is 10.2. The zero-order chi connectivity index (χ0) is 19.8. The third-order valence-corrected chi connectivity index (χ3v) is 6.25. The van der Waals surface area contributed by atoms with Crippen LogP contribution in [0.1, 0.15) is 35.1 Å². The quantitative estimate of drug-likeness (QED) is 0.642. The monoisotopic (exact) mass is 392 g/mol. The highest BCUT2D eigenvalue weighted by molar-refractivity contribution is 5.92. The van der Waals surface area contributed by atoms with Gasteiger partial charge in [0.25, 0.3) is 0 Å². The van der Waals surface area contributed by atoms with Crippen molar-refractivity contribution in [3.8, 4) is 11.5 Å². The van der Waals surface area contributed by atoms with Gasteiger partial charge >= 0.3 is 0 Å². The molecule has 3 aliphatic heterocycles. The second-order valence-electron chi connectivity index (χ2n) is 7.97. The number of hydrogen-bond donors (Lipinski definition) is 1. The van der Waals surface area contributed by atoms with Gasteiger partial charge in [0.2, 0.25) is 5.91 Å². The van der Waals surface area contributed by atoms with E-state index < -0.39 is 0 Å². The Bertz CT molecular complexity index is 977. The molecule has 150 valence electrons. The summed E-state index contributed by atoms with van der Waals surface area (Å²) in [6, 6.07) is 12.0. The normalized spacial score (nSPS) is 19.1. The summed E-state index contributed by atoms with van der Waals surface area (Å²) in [7, 11) is 0. The fourth-order valence-electron chi connectivity index (χ4n) is 4.43. The number of rotatable bonds is 3. The minimum Gasteiger partial charge on any atom is -0.492 e. The minimum absolute atomic E-state index is 0.000984. The number of hydrogen-bond acceptors (Lipinski definition) is 5. The van der Waals surface area contributed by atoms with Crippen LogP contribution in [0.3, 0.4) is 0 Å². The summed E-state index contributed by atoms with van der Waals surface area (Å²) in [5, 5.41) is 0. The Kier molecular flexibility index (Phi) is 4.53. The van der Waals surface area contributed by atoms with E-state index in [-0.39, 0.29) is 11.3 Å². The van der Waals surface area contributed by atoms with Crippen LogP contribution in [0, 0.1) is 0 Å². The molecule has 0 aromatic heterocycles. The maximum absolute atomic E-state index is 12.7. The molecule has 2 aromatic rings. The predicted octanol–water partition coefficient (Wildman–Crippen LogP) is 2.94. The van der Waals surface area contributed by atoms with Gasteiger partial charge in [0.15, 0.2) is 5.75 Å². The standard InChI is InChI=1S/C23H24N2O4/c24-13-17-2-5-21-19(12-17)23(15-27-21)7-9-25(10-8-23)22(26)6-3-16-1-4-20-18(11-16)14-28-29-20/h1-6,11-12H,7-10,13-15,24H2/b6-3+. The van der Waals surface area contributed by atoms with Gasteiger partial charge in [-0.2, -0.15) is 4.89 Å². The number of amides is 1. The Hall–Kier alpha value is -2.83. The zero-order valence-electron chi connectivity index (χ0n) is 16.2. The van der Waals surface area contributed by atoms with E-state index in [1.807, 2.05) is 41.3 Å². The number of carbonyl (C=O) groups is 1. The molecule has 1 saturated heterocycles. The molecule has 0 saturated carbocycles. The lowest BCUT2D eigenvalue weighted by atomic mass is 9.74. The fourth-order valence-corrected chi connectivity index (χ4v) is 4.43. The Labute approximate surface area is 169 Å². The predicted molar refractivity (Wildman–Crippen MR) is 108 cm³/mol. The minimum atomic E-state index is 0.000984. The SMILES string of the molecule is NCc1ccc2c(c1)C1(CCN(C(=O)/C=C/c3ccc4c(c3)COO4)CC1)CO2. The first kappa shape index (κ1) is 18.2. The van der Waals surface area contributed by atoms with E-state index in [4.69, 9.17) is 20.2 Å². The van der Waals surface area contributed by atoms with Crippen molar-refractivity contribution in [1.29, 1.82) is 0 Å². The molecule has 6 heteroatoms. The van der Waals surface area contributed by atoms with E-state index >= 15 is 0 Å². The molecule has 29 heavy (non-hydrogen) atoms. The molecule has 3 aliphatic rings. The van der Waals surface area contributed by atoms with Crippen LogP contribution >= 0.6 is 0 Å². The van der Waals surface area contributed by atoms with Crippen molar-refractivity contribution in [3.63, 3.8) is 0 Å². The summed E-state index contributed by atoms with van der Waals surface area (Å²) in [4.78, 5) is 24.6. The molecular weight excluding hydrogens is 368 g/mol. The molecule has 5 rings (SSSR count). The largest absolute Gasteiger partial charge is 0.492 e. The number of ether oxygens (including phenoxy) is 1. The summed E-state index contributed by atoms with van der Waals surface area (Å²) in [5.74, 6) is 1.75. The van der Waals surface area contributed by atoms with Crippen molar-refractivity contribution in [2.24, 2.45) is 5.73 Å². The van der Waals surface area contributed by atoms with E-state index in [2.05, 4.69) is 6.07 Å². The molecule has 1 amide bonds. The van der Waals surface area contributed by atoms with Crippen molar-refractivity contribution in [2.75, 3.05) is 19.7 Å². The average molecular weight is 392 g/mol. The molecular formula is C23H24N2O4. The van der Waals surface area contributed by atoms with E-state index in [1.165, 1.54) is 5.56 Å². The van der Waals surface area contributed by atoms with Crippen LogP contribution in [0.4, 0.5) is 0 Å². The Balaban J connectivity index is 1.25. The molecule has 3 heterocycles. The molecule has 1 fully saturated rings. The van der Waals surface area contributed by atoms with Gasteiger partial charge in [0.1, 0.15) is 12.4 Å². The van der Waals surface area contributed by atoms with Crippen LogP contribution in [0.15, 0.2) is 42.5 Å². The van der Waals surface area contributed by atoms with Crippen molar-refractivity contribution in [1.82, 2.24) is 4.90 Å². The maximum atomic E-state index is 12.7. The van der Waals surface area contributed by atoms with Crippen molar-refractivity contribution in [2.45, 2.75) is 31.4 Å². The van der Waals surface area contributed by atoms with E-state index in [9.17, 15) is 4.79 Å². The number of nitrogens with zero attached hydrogens (tertiary/aromatic N) is 1.